The molecule has 2 heterocycles. The fourth-order valence-corrected chi connectivity index (χ4v) is 3.59. The van der Waals surface area contributed by atoms with Crippen molar-refractivity contribution in [3.8, 4) is 5.75 Å². The number of furan rings is 1. The molecule has 1 aliphatic rings. The van der Waals surface area contributed by atoms with Gasteiger partial charge < -0.3 is 19.0 Å². The molecule has 3 rings (SSSR count). The predicted octanol–water partition coefficient (Wildman–Crippen LogP) is 3.15. The molecular formula is C21H26N2O4. The van der Waals surface area contributed by atoms with Gasteiger partial charge in [-0.1, -0.05) is 0 Å². The Hall–Kier alpha value is -2.76. The second-order valence-electron chi connectivity index (χ2n) is 7.04. The van der Waals surface area contributed by atoms with Crippen molar-refractivity contribution in [2.24, 2.45) is 0 Å². The number of aryl methyl sites for hydroxylation is 2. The minimum Gasteiger partial charge on any atom is -0.496 e. The molecule has 144 valence electrons. The lowest BCUT2D eigenvalue weighted by Gasteiger charge is -2.33. The van der Waals surface area contributed by atoms with E-state index in [1.54, 1.807) is 36.2 Å². The van der Waals surface area contributed by atoms with Gasteiger partial charge in [0.05, 0.1) is 13.4 Å². The van der Waals surface area contributed by atoms with Gasteiger partial charge in [0.25, 0.3) is 0 Å². The van der Waals surface area contributed by atoms with Gasteiger partial charge in [-0.25, -0.2) is 0 Å². The molecule has 6 heteroatoms. The van der Waals surface area contributed by atoms with Crippen molar-refractivity contribution in [1.82, 2.24) is 9.80 Å². The third kappa shape index (κ3) is 3.56. The first-order valence-electron chi connectivity index (χ1n) is 9.12. The summed E-state index contributed by atoms with van der Waals surface area (Å²) in [5, 5.41) is 1.03. The van der Waals surface area contributed by atoms with Gasteiger partial charge in [0.15, 0.2) is 0 Å². The lowest BCUT2D eigenvalue weighted by molar-refractivity contribution is -0.135. The molecule has 0 N–H and O–H groups in total. The average Bonchev–Trinajstić information content (AvgIpc) is 3.02. The minimum absolute atomic E-state index is 0.0422. The number of rotatable bonds is 3. The molecule has 0 unspecified atom stereocenters. The monoisotopic (exact) mass is 370 g/mol. The molecule has 0 radical (unpaired) electrons. The van der Waals surface area contributed by atoms with Gasteiger partial charge in [-0.05, 0) is 38.0 Å². The van der Waals surface area contributed by atoms with Crippen LogP contribution in [0.5, 0.6) is 5.75 Å². The summed E-state index contributed by atoms with van der Waals surface area (Å²) in [6, 6.07) is 2.02. The number of hydrogen-bond donors (Lipinski definition) is 0. The molecule has 1 saturated heterocycles. The highest BCUT2D eigenvalue weighted by atomic mass is 16.5. The van der Waals surface area contributed by atoms with E-state index in [0.717, 1.165) is 39.0 Å². The van der Waals surface area contributed by atoms with Crippen LogP contribution in [0.3, 0.4) is 0 Å². The van der Waals surface area contributed by atoms with Crippen LogP contribution in [0.25, 0.3) is 16.5 Å². The fourth-order valence-electron chi connectivity index (χ4n) is 3.59. The van der Waals surface area contributed by atoms with E-state index in [-0.39, 0.29) is 11.8 Å². The highest BCUT2D eigenvalue weighted by molar-refractivity contribution is 5.98. The second kappa shape index (κ2) is 7.47. The van der Waals surface area contributed by atoms with Crippen molar-refractivity contribution in [2.45, 2.75) is 27.7 Å². The molecule has 2 aromatic rings. The van der Waals surface area contributed by atoms with Crippen LogP contribution in [0.4, 0.5) is 0 Å². The van der Waals surface area contributed by atoms with Crippen LogP contribution in [-0.4, -0.2) is 54.9 Å². The third-order valence-electron chi connectivity index (χ3n) is 5.24. The van der Waals surface area contributed by atoms with Crippen LogP contribution in [-0.2, 0) is 9.59 Å². The normalized spacial score (nSPS) is 15.4. The van der Waals surface area contributed by atoms with Crippen molar-refractivity contribution >= 4 is 28.4 Å². The number of allylic oxidation sites excluding steroid dienone is 1. The Labute approximate surface area is 159 Å². The summed E-state index contributed by atoms with van der Waals surface area (Å²) in [6.45, 7) is 9.71. The number of carbonyl (C=O) groups is 2. The van der Waals surface area contributed by atoms with E-state index in [9.17, 15) is 9.59 Å². The molecule has 1 aliphatic heterocycles. The van der Waals surface area contributed by atoms with E-state index in [4.69, 9.17) is 9.15 Å². The number of methoxy groups -OCH3 is 1. The number of amides is 2. The maximum Gasteiger partial charge on any atom is 0.246 e. The van der Waals surface area contributed by atoms with Gasteiger partial charge in [0.1, 0.15) is 11.3 Å². The summed E-state index contributed by atoms with van der Waals surface area (Å²) < 4.78 is 11.3. The van der Waals surface area contributed by atoms with Crippen molar-refractivity contribution in [3.63, 3.8) is 0 Å². The molecular weight excluding hydrogens is 344 g/mol. The number of piperazine rings is 1. The van der Waals surface area contributed by atoms with E-state index in [1.807, 2.05) is 26.8 Å². The summed E-state index contributed by atoms with van der Waals surface area (Å²) in [4.78, 5) is 27.7. The first-order valence-corrected chi connectivity index (χ1v) is 9.12. The molecule has 27 heavy (non-hydrogen) atoms. The van der Waals surface area contributed by atoms with Gasteiger partial charge in [0.2, 0.25) is 11.8 Å². The molecule has 0 saturated carbocycles. The lowest BCUT2D eigenvalue weighted by atomic mass is 9.98. The quantitative estimate of drug-likeness (QED) is 0.779. The van der Waals surface area contributed by atoms with Crippen molar-refractivity contribution in [3.05, 3.63) is 35.1 Å². The van der Waals surface area contributed by atoms with Crippen LogP contribution in [0, 0.1) is 13.8 Å². The number of benzene rings is 1. The highest BCUT2D eigenvalue weighted by Gasteiger charge is 2.22. The van der Waals surface area contributed by atoms with Crippen molar-refractivity contribution in [1.29, 1.82) is 0 Å². The van der Waals surface area contributed by atoms with Gasteiger partial charge in [-0.3, -0.25) is 9.59 Å². The van der Waals surface area contributed by atoms with Gasteiger partial charge in [-0.15, -0.1) is 0 Å². The summed E-state index contributed by atoms with van der Waals surface area (Å²) >= 11 is 0. The van der Waals surface area contributed by atoms with E-state index in [2.05, 4.69) is 0 Å². The topological polar surface area (TPSA) is 63.0 Å². The Bertz CT molecular complexity index is 918. The number of carbonyl (C=O) groups excluding carboxylic acids is 2. The van der Waals surface area contributed by atoms with E-state index in [0.29, 0.717) is 26.2 Å². The Morgan fingerprint density at radius 2 is 1.74 bits per heavy atom. The van der Waals surface area contributed by atoms with Crippen LogP contribution < -0.4 is 4.74 Å². The van der Waals surface area contributed by atoms with Crippen LogP contribution in [0.15, 0.2) is 22.8 Å². The van der Waals surface area contributed by atoms with Crippen molar-refractivity contribution < 1.29 is 18.7 Å². The first kappa shape index (κ1) is 19.0. The maximum absolute atomic E-state index is 12.7. The van der Waals surface area contributed by atoms with Crippen LogP contribution >= 0.6 is 0 Å². The third-order valence-corrected chi connectivity index (χ3v) is 5.24. The Balaban J connectivity index is 1.88. The van der Waals surface area contributed by atoms with E-state index >= 15 is 0 Å². The smallest absolute Gasteiger partial charge is 0.246 e. The molecule has 6 nitrogen and oxygen atoms in total. The molecule has 0 atom stereocenters. The Morgan fingerprint density at radius 1 is 1.11 bits per heavy atom. The largest absolute Gasteiger partial charge is 0.496 e. The summed E-state index contributed by atoms with van der Waals surface area (Å²) in [7, 11) is 1.63. The average molecular weight is 370 g/mol. The number of nitrogens with zero attached hydrogens (tertiary/aromatic N) is 2. The first-order chi connectivity index (χ1) is 12.8. The standard InChI is InChI=1S/C21H26N2O4/c1-13(10-19(25)23-8-6-22(7-9-23)16(4)24)17-11-18-14(2)12-27-21(18)15(3)20(17)26-5/h10-12H,6-9H2,1-5H3/b13-10+. The van der Waals surface area contributed by atoms with Gasteiger partial charge in [0, 0.05) is 55.7 Å². The Kier molecular flexibility index (Phi) is 5.26. The zero-order chi connectivity index (χ0) is 19.7. The van der Waals surface area contributed by atoms with E-state index in [1.165, 1.54) is 0 Å². The molecule has 0 spiro atoms. The molecule has 0 bridgehead atoms. The molecule has 1 aromatic heterocycles. The minimum atomic E-state index is -0.0422. The lowest BCUT2D eigenvalue weighted by Crippen LogP contribution is -2.49. The van der Waals surface area contributed by atoms with Crippen molar-refractivity contribution in [2.75, 3.05) is 33.3 Å². The predicted molar refractivity (Wildman–Crippen MR) is 105 cm³/mol. The fraction of sp³-hybridized carbons (Fsp3) is 0.429. The molecule has 0 aliphatic carbocycles. The Morgan fingerprint density at radius 3 is 2.33 bits per heavy atom. The molecule has 1 fully saturated rings. The number of fused-ring (bicyclic) bond motifs is 1. The summed E-state index contributed by atoms with van der Waals surface area (Å²) in [5.74, 6) is 0.733. The van der Waals surface area contributed by atoms with Gasteiger partial charge >= 0.3 is 0 Å². The summed E-state index contributed by atoms with van der Waals surface area (Å²) in [6.07, 6.45) is 3.39. The zero-order valence-corrected chi connectivity index (χ0v) is 16.6. The highest BCUT2D eigenvalue weighted by Crippen LogP contribution is 2.37. The van der Waals surface area contributed by atoms with E-state index < -0.39 is 0 Å². The molecule has 1 aromatic carbocycles. The number of ether oxygens (including phenoxy) is 1. The van der Waals surface area contributed by atoms with Crippen LogP contribution in [0.1, 0.15) is 30.5 Å². The van der Waals surface area contributed by atoms with Crippen LogP contribution in [0.2, 0.25) is 0 Å². The number of hydrogen-bond acceptors (Lipinski definition) is 4. The van der Waals surface area contributed by atoms with Gasteiger partial charge in [-0.2, -0.15) is 0 Å². The zero-order valence-electron chi connectivity index (χ0n) is 16.6. The second-order valence-corrected chi connectivity index (χ2v) is 7.04. The molecule has 2 amide bonds. The summed E-state index contributed by atoms with van der Waals surface area (Å²) in [5.41, 5.74) is 4.52. The SMILES string of the molecule is COc1c(/C(C)=C/C(=O)N2CCN(C(C)=O)CC2)cc2c(C)coc2c1C. The maximum atomic E-state index is 12.7.